The number of methoxy groups -OCH3 is 1. The first-order valence-corrected chi connectivity index (χ1v) is 12.1. The molecule has 0 atom stereocenters. The maximum Gasteiger partial charge on any atom is 0.245 e. The highest BCUT2D eigenvalue weighted by atomic mass is 19.1. The van der Waals surface area contributed by atoms with Crippen molar-refractivity contribution < 1.29 is 13.9 Å². The van der Waals surface area contributed by atoms with Crippen LogP contribution in [0, 0.1) is 18.2 Å². The zero-order chi connectivity index (χ0) is 25.2. The molecule has 0 unspecified atom stereocenters. The zero-order valence-corrected chi connectivity index (χ0v) is 20.6. The summed E-state index contributed by atoms with van der Waals surface area (Å²) in [5, 5.41) is 8.27. The van der Waals surface area contributed by atoms with Crippen LogP contribution in [0.4, 0.5) is 4.39 Å². The number of rotatable bonds is 5. The molecule has 1 aliphatic heterocycles. The Morgan fingerprint density at radius 3 is 2.75 bits per heavy atom. The number of aromatic amines is 1. The van der Waals surface area contributed by atoms with Crippen LogP contribution in [0.2, 0.25) is 0 Å². The number of nitrogens with one attached hydrogen (secondary N) is 1. The number of carbonyl (C=O) groups excluding carboxylic acids is 1. The molecule has 2 fully saturated rings. The van der Waals surface area contributed by atoms with Crippen molar-refractivity contribution in [3.8, 4) is 28.3 Å². The van der Waals surface area contributed by atoms with Gasteiger partial charge < -0.3 is 14.2 Å². The van der Waals surface area contributed by atoms with Gasteiger partial charge in [0.15, 0.2) is 0 Å². The Labute approximate surface area is 208 Å². The number of aryl methyl sites for hydroxylation is 1. The first-order chi connectivity index (χ1) is 17.3. The number of benzene rings is 2. The molecule has 3 heterocycles. The molecular weight excluding hydrogens is 457 g/mol. The summed E-state index contributed by atoms with van der Waals surface area (Å²) < 4.78 is 22.7. The standard InChI is InChI=1S/C28H28FN5O2/c1-5-23(35)34-14-28(15-34)11-17(12-28)27-31-25(19-8-7-18(36-4)10-21(19)29)26(33(27)3)24-16(2)6-9-22-20(24)13-30-32-22/h5-10,13,17H,1,11-12,14-15H2,2-4H3,(H,30,32). The van der Waals surface area contributed by atoms with Crippen LogP contribution < -0.4 is 4.74 Å². The third-order valence-corrected chi connectivity index (χ3v) is 7.89. The van der Waals surface area contributed by atoms with E-state index in [9.17, 15) is 4.79 Å². The monoisotopic (exact) mass is 485 g/mol. The molecular formula is C28H28FN5O2. The van der Waals surface area contributed by atoms with E-state index in [2.05, 4.69) is 34.3 Å². The first kappa shape index (κ1) is 22.5. The van der Waals surface area contributed by atoms with Crippen molar-refractivity contribution in [3.05, 3.63) is 66.4 Å². The van der Waals surface area contributed by atoms with E-state index in [0.29, 0.717) is 17.0 Å². The quantitative estimate of drug-likeness (QED) is 0.405. The minimum Gasteiger partial charge on any atom is -0.497 e. The average Bonchev–Trinajstić information content (AvgIpc) is 3.42. The van der Waals surface area contributed by atoms with Crippen molar-refractivity contribution >= 4 is 16.8 Å². The maximum atomic E-state index is 15.4. The number of H-pyrrole nitrogens is 1. The SMILES string of the molecule is C=CC(=O)N1CC2(CC(c3nc(-c4ccc(OC)cc4F)c(-c4c(C)ccc5[nH]ncc45)n3C)C2)C1. The van der Waals surface area contributed by atoms with Gasteiger partial charge in [-0.25, -0.2) is 9.37 Å². The van der Waals surface area contributed by atoms with Crippen LogP contribution in [0.5, 0.6) is 5.75 Å². The van der Waals surface area contributed by atoms with Gasteiger partial charge in [0.25, 0.3) is 0 Å². The fraction of sp³-hybridized carbons (Fsp3) is 0.321. The van der Waals surface area contributed by atoms with E-state index < -0.39 is 0 Å². The van der Waals surface area contributed by atoms with E-state index in [1.165, 1.54) is 19.3 Å². The van der Waals surface area contributed by atoms with Gasteiger partial charge in [-0.2, -0.15) is 5.10 Å². The number of hydrogen-bond donors (Lipinski definition) is 1. The fourth-order valence-electron chi connectivity index (χ4n) is 6.09. The average molecular weight is 486 g/mol. The second-order valence-corrected chi connectivity index (χ2v) is 10.2. The second-order valence-electron chi connectivity index (χ2n) is 10.2. The molecule has 7 nitrogen and oxygen atoms in total. The Morgan fingerprint density at radius 2 is 2.06 bits per heavy atom. The number of nitrogens with zero attached hydrogens (tertiary/aromatic N) is 4. The number of amides is 1. The van der Waals surface area contributed by atoms with E-state index >= 15 is 4.39 Å². The summed E-state index contributed by atoms with van der Waals surface area (Å²) in [6, 6.07) is 8.96. The molecule has 2 aromatic carbocycles. The van der Waals surface area contributed by atoms with E-state index in [0.717, 1.165) is 59.5 Å². The molecule has 184 valence electrons. The van der Waals surface area contributed by atoms with Crippen molar-refractivity contribution in [2.24, 2.45) is 12.5 Å². The number of hydrogen-bond acceptors (Lipinski definition) is 4. The van der Waals surface area contributed by atoms with Gasteiger partial charge in [0.05, 0.1) is 30.2 Å². The Bertz CT molecular complexity index is 1520. The lowest BCUT2D eigenvalue weighted by molar-refractivity contribution is -0.146. The van der Waals surface area contributed by atoms with E-state index in [-0.39, 0.29) is 23.1 Å². The molecule has 1 saturated carbocycles. The second kappa shape index (κ2) is 8.05. The van der Waals surface area contributed by atoms with Gasteiger partial charge in [-0.15, -0.1) is 0 Å². The molecule has 1 aliphatic carbocycles. The normalized spacial score (nSPS) is 16.7. The number of fused-ring (bicyclic) bond motifs is 1. The zero-order valence-electron chi connectivity index (χ0n) is 20.6. The van der Waals surface area contributed by atoms with Crippen LogP contribution in [-0.4, -0.2) is 50.8 Å². The van der Waals surface area contributed by atoms with Crippen LogP contribution >= 0.6 is 0 Å². The van der Waals surface area contributed by atoms with E-state index in [1.807, 2.05) is 24.2 Å². The third kappa shape index (κ3) is 3.27. The largest absolute Gasteiger partial charge is 0.497 e. The number of halogens is 1. The number of imidazole rings is 1. The molecule has 1 N–H and O–H groups in total. The number of ether oxygens (including phenoxy) is 1. The van der Waals surface area contributed by atoms with Gasteiger partial charge in [0.2, 0.25) is 5.91 Å². The minimum atomic E-state index is -0.375. The lowest BCUT2D eigenvalue weighted by atomic mass is 9.57. The Morgan fingerprint density at radius 1 is 1.28 bits per heavy atom. The van der Waals surface area contributed by atoms with Crippen LogP contribution in [0.3, 0.4) is 0 Å². The molecule has 6 rings (SSSR count). The summed E-state index contributed by atoms with van der Waals surface area (Å²) >= 11 is 0. The fourth-order valence-corrected chi connectivity index (χ4v) is 6.09. The highest BCUT2D eigenvalue weighted by Crippen LogP contribution is 2.56. The predicted octanol–water partition coefficient (Wildman–Crippen LogP) is 4.98. The van der Waals surface area contributed by atoms with Gasteiger partial charge in [0.1, 0.15) is 17.4 Å². The van der Waals surface area contributed by atoms with Gasteiger partial charge in [-0.05, 0) is 49.6 Å². The molecule has 36 heavy (non-hydrogen) atoms. The molecule has 1 amide bonds. The van der Waals surface area contributed by atoms with Crippen molar-refractivity contribution in [2.75, 3.05) is 20.2 Å². The Kier molecular flexibility index (Phi) is 5.03. The summed E-state index contributed by atoms with van der Waals surface area (Å²) in [5.74, 6) is 1.26. The third-order valence-electron chi connectivity index (χ3n) is 7.89. The summed E-state index contributed by atoms with van der Waals surface area (Å²) in [4.78, 5) is 18.8. The van der Waals surface area contributed by atoms with Crippen molar-refractivity contribution in [1.82, 2.24) is 24.6 Å². The van der Waals surface area contributed by atoms with Crippen LogP contribution in [0.1, 0.15) is 30.1 Å². The van der Waals surface area contributed by atoms with Gasteiger partial charge in [0, 0.05) is 54.0 Å². The Balaban J connectivity index is 1.45. The number of aromatic nitrogens is 4. The molecule has 8 heteroatoms. The molecule has 1 spiro atoms. The van der Waals surface area contributed by atoms with E-state index in [1.54, 1.807) is 12.1 Å². The van der Waals surface area contributed by atoms with Crippen molar-refractivity contribution in [2.45, 2.75) is 25.7 Å². The topological polar surface area (TPSA) is 76.0 Å². The van der Waals surface area contributed by atoms with Crippen molar-refractivity contribution in [1.29, 1.82) is 0 Å². The summed E-state index contributed by atoms with van der Waals surface area (Å²) in [7, 11) is 3.54. The highest BCUT2D eigenvalue weighted by Gasteiger charge is 2.54. The minimum absolute atomic E-state index is 0.00991. The van der Waals surface area contributed by atoms with Crippen molar-refractivity contribution in [3.63, 3.8) is 0 Å². The first-order valence-electron chi connectivity index (χ1n) is 12.1. The molecule has 0 bridgehead atoms. The van der Waals surface area contributed by atoms with Crippen LogP contribution in [0.25, 0.3) is 33.4 Å². The number of likely N-dealkylation sites (tertiary alicyclic amines) is 1. The summed E-state index contributed by atoms with van der Waals surface area (Å²) in [6.45, 7) is 7.17. The molecule has 4 aromatic rings. The van der Waals surface area contributed by atoms with Crippen LogP contribution in [-0.2, 0) is 11.8 Å². The number of carbonyl (C=O) groups is 1. The Hall–Kier alpha value is -3.94. The molecule has 1 saturated heterocycles. The molecule has 0 radical (unpaired) electrons. The van der Waals surface area contributed by atoms with Crippen LogP contribution in [0.15, 0.2) is 49.2 Å². The molecule has 2 aromatic heterocycles. The maximum absolute atomic E-state index is 15.4. The van der Waals surface area contributed by atoms with Gasteiger partial charge in [-0.3, -0.25) is 9.89 Å². The predicted molar refractivity (Wildman–Crippen MR) is 136 cm³/mol. The summed E-state index contributed by atoms with van der Waals surface area (Å²) in [6.07, 6.45) is 5.11. The van der Waals surface area contributed by atoms with E-state index in [4.69, 9.17) is 9.72 Å². The lowest BCUT2D eigenvalue weighted by Crippen LogP contribution is -2.63. The summed E-state index contributed by atoms with van der Waals surface area (Å²) in [5.41, 5.74) is 5.06. The smallest absolute Gasteiger partial charge is 0.245 e. The van der Waals surface area contributed by atoms with Gasteiger partial charge in [-0.1, -0.05) is 12.6 Å². The van der Waals surface area contributed by atoms with Gasteiger partial charge >= 0.3 is 0 Å². The lowest BCUT2D eigenvalue weighted by Gasteiger charge is -2.58. The molecule has 2 aliphatic rings. The highest BCUT2D eigenvalue weighted by molar-refractivity contribution is 5.99.